The van der Waals surface area contributed by atoms with Crippen LogP contribution >= 0.6 is 23.2 Å². The maximum absolute atomic E-state index is 14.0. The summed E-state index contributed by atoms with van der Waals surface area (Å²) in [6, 6.07) is 11.3. The lowest BCUT2D eigenvalue weighted by Gasteiger charge is -2.10. The molecule has 4 aromatic rings. The molecule has 0 radical (unpaired) electrons. The number of fused-ring (bicyclic) bond motifs is 2. The molecule has 0 saturated carbocycles. The van der Waals surface area contributed by atoms with Gasteiger partial charge >= 0.3 is 0 Å². The third-order valence-electron chi connectivity index (χ3n) is 6.76. The molecule has 2 atom stereocenters. The van der Waals surface area contributed by atoms with Gasteiger partial charge in [-0.1, -0.05) is 43.2 Å². The Hall–Kier alpha value is -5.01. The van der Waals surface area contributed by atoms with Crippen molar-refractivity contribution in [3.63, 3.8) is 0 Å². The van der Waals surface area contributed by atoms with E-state index in [4.69, 9.17) is 38.2 Å². The fraction of sp³-hybridized carbons (Fsp3) is 0.188. The van der Waals surface area contributed by atoms with Gasteiger partial charge in [0.2, 0.25) is 0 Å². The number of azide groups is 1. The Kier molecular flexibility index (Phi) is 12.3. The van der Waals surface area contributed by atoms with Crippen LogP contribution < -0.4 is 20.1 Å². The minimum absolute atomic E-state index is 0. The van der Waals surface area contributed by atoms with Crippen molar-refractivity contribution in [3.8, 4) is 11.5 Å². The topological polar surface area (TPSA) is 146 Å². The van der Waals surface area contributed by atoms with E-state index in [1.54, 1.807) is 0 Å². The fourth-order valence-electron chi connectivity index (χ4n) is 4.63. The number of aliphatic hydroxyl groups excluding tert-OH is 1. The molecule has 2 heterocycles. The average molecular weight is 708 g/mol. The van der Waals surface area contributed by atoms with E-state index in [1.807, 2.05) is 0 Å². The zero-order chi connectivity index (χ0) is 33.1. The van der Waals surface area contributed by atoms with Gasteiger partial charge in [-0.15, -0.1) is 0 Å². The minimum atomic E-state index is -1.11. The standard InChI is InChI=1S/C15H9ClF2N4O2.C15H10ClF2NO3.2CH4/c16-9-5-7(1-3-10(9)17)20-15(23)8-2-4-11(18)13-12(21-22-19)6-24-14(8)13;16-9-5-7(1-3-10(9)17)19-15(21)8-2-4-11(18)13-12(20)6-22-14(8)13;;/h1-5,12H,6H2,(H,20,23);1-5,12,20H,6H2,(H,19,21);2*1H4. The van der Waals surface area contributed by atoms with E-state index in [0.29, 0.717) is 0 Å². The number of amides is 2. The van der Waals surface area contributed by atoms with Crippen LogP contribution in [0.2, 0.25) is 10.0 Å². The number of anilines is 2. The molecule has 0 spiro atoms. The van der Waals surface area contributed by atoms with Crippen LogP contribution in [0.15, 0.2) is 65.8 Å². The molecule has 0 aliphatic carbocycles. The Bertz CT molecular complexity index is 1930. The molecule has 16 heteroatoms. The molecule has 2 aliphatic rings. The maximum atomic E-state index is 14.0. The highest BCUT2D eigenvalue weighted by atomic mass is 35.5. The van der Waals surface area contributed by atoms with E-state index >= 15 is 0 Å². The van der Waals surface area contributed by atoms with Crippen molar-refractivity contribution in [1.82, 2.24) is 0 Å². The van der Waals surface area contributed by atoms with Crippen LogP contribution in [0.1, 0.15) is 58.8 Å². The quantitative estimate of drug-likeness (QED) is 0.0819. The summed E-state index contributed by atoms with van der Waals surface area (Å²) in [4.78, 5) is 27.3. The summed E-state index contributed by atoms with van der Waals surface area (Å²) < 4.78 is 64.4. The number of aliphatic hydroxyl groups is 1. The molecule has 2 aliphatic heterocycles. The molecular formula is C32H27Cl2F4N5O5. The monoisotopic (exact) mass is 707 g/mol. The largest absolute Gasteiger partial charge is 0.492 e. The van der Waals surface area contributed by atoms with Gasteiger partial charge in [-0.25, -0.2) is 17.6 Å². The number of benzene rings is 4. The van der Waals surface area contributed by atoms with Crippen molar-refractivity contribution in [1.29, 1.82) is 0 Å². The lowest BCUT2D eigenvalue weighted by Crippen LogP contribution is -2.13. The molecule has 0 fully saturated rings. The Morgan fingerprint density at radius 2 is 1.19 bits per heavy atom. The third-order valence-corrected chi connectivity index (χ3v) is 7.34. The van der Waals surface area contributed by atoms with E-state index in [1.165, 1.54) is 36.4 Å². The van der Waals surface area contributed by atoms with Crippen molar-refractivity contribution in [3.05, 3.63) is 127 Å². The van der Waals surface area contributed by atoms with E-state index in [-0.39, 0.29) is 83.2 Å². The predicted molar refractivity (Wildman–Crippen MR) is 173 cm³/mol. The van der Waals surface area contributed by atoms with Crippen LogP contribution in [-0.4, -0.2) is 30.1 Å². The summed E-state index contributed by atoms with van der Waals surface area (Å²) in [6.07, 6.45) is -1.11. The number of hydrogen-bond acceptors (Lipinski definition) is 6. The first-order valence-corrected chi connectivity index (χ1v) is 13.9. The Morgan fingerprint density at radius 1 is 0.750 bits per heavy atom. The van der Waals surface area contributed by atoms with Crippen LogP contribution in [0, 0.1) is 23.3 Å². The lowest BCUT2D eigenvalue weighted by molar-refractivity contribution is 0.101. The van der Waals surface area contributed by atoms with Crippen molar-refractivity contribution >= 4 is 46.4 Å². The molecule has 252 valence electrons. The van der Waals surface area contributed by atoms with Crippen molar-refractivity contribution in [2.24, 2.45) is 5.11 Å². The molecule has 48 heavy (non-hydrogen) atoms. The minimum Gasteiger partial charge on any atom is -0.492 e. The van der Waals surface area contributed by atoms with Crippen molar-refractivity contribution in [2.75, 3.05) is 23.8 Å². The van der Waals surface area contributed by atoms with Gasteiger partial charge in [0.1, 0.15) is 60.1 Å². The molecule has 4 aromatic carbocycles. The van der Waals surface area contributed by atoms with Gasteiger partial charge in [0, 0.05) is 21.8 Å². The second kappa shape index (κ2) is 15.7. The number of rotatable bonds is 5. The smallest absolute Gasteiger partial charge is 0.259 e. The number of hydrogen-bond donors (Lipinski definition) is 3. The summed E-state index contributed by atoms with van der Waals surface area (Å²) in [5.74, 6) is -3.60. The van der Waals surface area contributed by atoms with E-state index in [2.05, 4.69) is 20.7 Å². The van der Waals surface area contributed by atoms with E-state index in [0.717, 1.165) is 24.3 Å². The zero-order valence-corrected chi connectivity index (χ0v) is 24.5. The van der Waals surface area contributed by atoms with Crippen LogP contribution in [0.3, 0.4) is 0 Å². The summed E-state index contributed by atoms with van der Waals surface area (Å²) in [7, 11) is 0. The van der Waals surface area contributed by atoms with Crippen LogP contribution in [-0.2, 0) is 0 Å². The SMILES string of the molecule is C.C.O=C(Nc1ccc(F)c(Cl)c1)c1ccc(F)c2c1OCC2O.[N-]=[N+]=NC1COc2c(C(=O)Nc3ccc(F)c(Cl)c3)ccc(F)c21. The molecule has 6 rings (SSSR count). The number of nitrogens with zero attached hydrogens (tertiary/aromatic N) is 3. The second-order valence-electron chi connectivity index (χ2n) is 9.70. The highest BCUT2D eigenvalue weighted by molar-refractivity contribution is 6.31. The average Bonchev–Trinajstić information content (AvgIpc) is 3.62. The van der Waals surface area contributed by atoms with Gasteiger partial charge < -0.3 is 25.2 Å². The van der Waals surface area contributed by atoms with Crippen molar-refractivity contribution < 1.29 is 41.7 Å². The van der Waals surface area contributed by atoms with E-state index < -0.39 is 47.2 Å². The second-order valence-corrected chi connectivity index (χ2v) is 10.5. The fourth-order valence-corrected chi connectivity index (χ4v) is 4.99. The maximum Gasteiger partial charge on any atom is 0.259 e. The first-order chi connectivity index (χ1) is 22.0. The van der Waals surface area contributed by atoms with Crippen LogP contribution in [0.5, 0.6) is 11.5 Å². The van der Waals surface area contributed by atoms with Crippen LogP contribution in [0.4, 0.5) is 28.9 Å². The molecule has 2 unspecified atom stereocenters. The van der Waals surface area contributed by atoms with Crippen LogP contribution in [0.25, 0.3) is 10.4 Å². The summed E-state index contributed by atoms with van der Waals surface area (Å²) in [5.41, 5.74) is 9.23. The highest BCUT2D eigenvalue weighted by Crippen LogP contribution is 2.40. The molecule has 0 bridgehead atoms. The van der Waals surface area contributed by atoms with E-state index in [9.17, 15) is 32.3 Å². The summed E-state index contributed by atoms with van der Waals surface area (Å²) in [5, 5.41) is 17.9. The Labute approximate surface area is 281 Å². The highest BCUT2D eigenvalue weighted by Gasteiger charge is 2.32. The molecule has 0 aromatic heterocycles. The van der Waals surface area contributed by atoms with Gasteiger partial charge in [-0.2, -0.15) is 0 Å². The normalized spacial score (nSPS) is 15.0. The zero-order valence-electron chi connectivity index (χ0n) is 23.0. The predicted octanol–water partition coefficient (Wildman–Crippen LogP) is 9.18. The van der Waals surface area contributed by atoms with Gasteiger partial charge in [0.25, 0.3) is 11.8 Å². The summed E-state index contributed by atoms with van der Waals surface area (Å²) in [6.45, 7) is -0.165. The Morgan fingerprint density at radius 3 is 1.67 bits per heavy atom. The number of ether oxygens (including phenoxy) is 2. The molecule has 2 amide bonds. The van der Waals surface area contributed by atoms with Gasteiger partial charge in [0.05, 0.1) is 26.7 Å². The number of nitrogens with one attached hydrogen (secondary N) is 2. The first-order valence-electron chi connectivity index (χ1n) is 13.1. The summed E-state index contributed by atoms with van der Waals surface area (Å²) >= 11 is 11.3. The van der Waals surface area contributed by atoms with Crippen molar-refractivity contribution in [2.45, 2.75) is 27.0 Å². The van der Waals surface area contributed by atoms with Gasteiger partial charge in [0.15, 0.2) is 0 Å². The Balaban J connectivity index is 0.000000251. The van der Waals surface area contributed by atoms with Gasteiger partial charge in [-0.3, -0.25) is 9.59 Å². The molecule has 10 nitrogen and oxygen atoms in total. The number of carbonyl (C=O) groups is 2. The molecular weight excluding hydrogens is 681 g/mol. The number of carbonyl (C=O) groups excluding carboxylic acids is 2. The molecule has 3 N–H and O–H groups in total. The third kappa shape index (κ3) is 7.75. The lowest BCUT2D eigenvalue weighted by atomic mass is 10.0. The molecule has 0 saturated heterocycles. The number of halogens is 6. The van der Waals surface area contributed by atoms with Gasteiger partial charge in [-0.05, 0) is 66.2 Å². The first kappa shape index (κ1) is 37.4.